The van der Waals surface area contributed by atoms with Gasteiger partial charge in [-0.2, -0.15) is 0 Å². The zero-order chi connectivity index (χ0) is 21.1. The lowest BCUT2D eigenvalue weighted by Gasteiger charge is -2.12. The third kappa shape index (κ3) is 3.83. The van der Waals surface area contributed by atoms with Crippen LogP contribution in [0.3, 0.4) is 0 Å². The Kier molecular flexibility index (Phi) is 6.12. The minimum atomic E-state index is 0.541. The Balaban J connectivity index is 2.03. The summed E-state index contributed by atoms with van der Waals surface area (Å²) in [4.78, 5) is 3.88. The fraction of sp³-hybridized carbons (Fsp3) is 0.423. The molecule has 3 aromatic rings. The van der Waals surface area contributed by atoms with Crippen molar-refractivity contribution in [2.24, 2.45) is 0 Å². The fourth-order valence-corrected chi connectivity index (χ4v) is 4.87. The van der Waals surface area contributed by atoms with Crippen molar-refractivity contribution < 1.29 is 14.5 Å². The van der Waals surface area contributed by atoms with Crippen molar-refractivity contribution in [2.45, 2.75) is 58.9 Å². The number of fused-ring (bicyclic) bond motifs is 1. The van der Waals surface area contributed by atoms with Gasteiger partial charge in [-0.1, -0.05) is 18.6 Å². The first kappa shape index (κ1) is 20.5. The van der Waals surface area contributed by atoms with Gasteiger partial charge in [0.1, 0.15) is 11.5 Å². The van der Waals surface area contributed by atoms with E-state index in [0.717, 1.165) is 17.2 Å². The second-order valence-electron chi connectivity index (χ2n) is 8.17. The molecule has 4 nitrogen and oxygen atoms in total. The monoisotopic (exact) mass is 405 g/mol. The van der Waals surface area contributed by atoms with E-state index in [1.807, 2.05) is 19.1 Å². The summed E-state index contributed by atoms with van der Waals surface area (Å²) in [6.07, 6.45) is 6.47. The second kappa shape index (κ2) is 8.95. The number of hydrogen-bond donors (Lipinski definition) is 1. The van der Waals surface area contributed by atoms with E-state index in [0.29, 0.717) is 12.6 Å². The van der Waals surface area contributed by atoms with E-state index >= 15 is 0 Å². The number of rotatable bonds is 5. The van der Waals surface area contributed by atoms with Gasteiger partial charge in [0.15, 0.2) is 6.04 Å². The maximum absolute atomic E-state index is 6.09. The van der Waals surface area contributed by atoms with E-state index in [4.69, 9.17) is 9.47 Å². The first-order valence-electron chi connectivity index (χ1n) is 11.2. The molecule has 0 saturated heterocycles. The predicted octanol–water partition coefficient (Wildman–Crippen LogP) is 3.97. The van der Waals surface area contributed by atoms with Crippen molar-refractivity contribution in [2.75, 3.05) is 13.7 Å². The quantitative estimate of drug-likeness (QED) is 0.697. The van der Waals surface area contributed by atoms with Crippen molar-refractivity contribution in [3.63, 3.8) is 0 Å². The summed E-state index contributed by atoms with van der Waals surface area (Å²) in [6, 6.07) is 15.2. The molecule has 30 heavy (non-hydrogen) atoms. The molecule has 2 aromatic carbocycles. The molecule has 0 bridgehead atoms. The van der Waals surface area contributed by atoms with Crippen LogP contribution in [0.25, 0.3) is 16.5 Å². The van der Waals surface area contributed by atoms with Gasteiger partial charge >= 0.3 is 0 Å². The van der Waals surface area contributed by atoms with Crippen LogP contribution in [0.15, 0.2) is 42.5 Å². The van der Waals surface area contributed by atoms with Gasteiger partial charge in [-0.3, -0.25) is 0 Å². The molecule has 4 rings (SSSR count). The normalized spacial score (nSPS) is 15.5. The first-order chi connectivity index (χ1) is 14.6. The van der Waals surface area contributed by atoms with Gasteiger partial charge < -0.3 is 14.0 Å². The number of nitrogens with zero attached hydrogens (tertiary/aromatic N) is 1. The lowest BCUT2D eigenvalue weighted by Crippen LogP contribution is -2.83. The summed E-state index contributed by atoms with van der Waals surface area (Å²) >= 11 is 0. The maximum Gasteiger partial charge on any atom is 0.208 e. The molecule has 0 radical (unpaired) electrons. The van der Waals surface area contributed by atoms with E-state index in [-0.39, 0.29) is 0 Å². The van der Waals surface area contributed by atoms with Crippen LogP contribution >= 0.6 is 0 Å². The molecule has 1 heterocycles. The van der Waals surface area contributed by atoms with E-state index < -0.39 is 0 Å². The van der Waals surface area contributed by atoms with Crippen molar-refractivity contribution in [3.05, 3.63) is 59.2 Å². The van der Waals surface area contributed by atoms with Crippen LogP contribution in [0.2, 0.25) is 0 Å². The van der Waals surface area contributed by atoms with Crippen LogP contribution in [-0.2, 0) is 0 Å². The SMILES string of the molecule is CCOc1cccc(=[NH+]C2CCCCC2)c2c(C)n(-c3cccc(OC)c3)c(C)c12. The Morgan fingerprint density at radius 3 is 2.43 bits per heavy atom. The number of hydrogen-bond acceptors (Lipinski definition) is 2. The molecule has 0 amide bonds. The highest BCUT2D eigenvalue weighted by atomic mass is 16.5. The van der Waals surface area contributed by atoms with E-state index in [1.54, 1.807) is 7.11 Å². The number of nitrogens with one attached hydrogen (secondary N) is 1. The molecular formula is C26H33N2O2+. The Bertz CT molecular complexity index is 1110. The maximum atomic E-state index is 6.09. The zero-order valence-corrected chi connectivity index (χ0v) is 18.6. The van der Waals surface area contributed by atoms with Gasteiger partial charge in [0.2, 0.25) is 5.36 Å². The van der Waals surface area contributed by atoms with Crippen LogP contribution < -0.4 is 19.8 Å². The smallest absolute Gasteiger partial charge is 0.208 e. The number of methoxy groups -OCH3 is 1. The standard InChI is InChI=1S/C26H32N2O2/c1-5-30-24-16-10-15-23(27-20-11-7-6-8-12-20)25-18(2)28(19(3)26(24)25)21-13-9-14-22(17-21)29-4/h9-10,13-17,20H,5-8,11-12H2,1-4H3/p+1. The molecule has 1 aromatic heterocycles. The summed E-state index contributed by atoms with van der Waals surface area (Å²) in [5.41, 5.74) is 3.50. The molecule has 1 saturated carbocycles. The number of aromatic nitrogens is 1. The highest BCUT2D eigenvalue weighted by Crippen LogP contribution is 2.33. The van der Waals surface area contributed by atoms with Crippen molar-refractivity contribution in [3.8, 4) is 17.2 Å². The molecule has 0 spiro atoms. The summed E-state index contributed by atoms with van der Waals surface area (Å²) in [6.45, 7) is 7.08. The van der Waals surface area contributed by atoms with Crippen LogP contribution in [-0.4, -0.2) is 24.3 Å². The molecule has 158 valence electrons. The van der Waals surface area contributed by atoms with Crippen LogP contribution in [0.1, 0.15) is 50.4 Å². The summed E-state index contributed by atoms with van der Waals surface area (Å²) in [7, 11) is 1.71. The second-order valence-corrected chi connectivity index (χ2v) is 8.17. The first-order valence-corrected chi connectivity index (χ1v) is 11.2. The Hall–Kier alpha value is -2.75. The molecule has 0 aliphatic heterocycles. The topological polar surface area (TPSA) is 37.4 Å². The Labute approximate surface area is 179 Å². The largest absolute Gasteiger partial charge is 0.497 e. The minimum Gasteiger partial charge on any atom is -0.497 e. The molecular weight excluding hydrogens is 372 g/mol. The molecule has 1 fully saturated rings. The van der Waals surface area contributed by atoms with Crippen LogP contribution in [0.5, 0.6) is 11.5 Å². The summed E-state index contributed by atoms with van der Waals surface area (Å²) in [5, 5.41) is 3.62. The number of benzene rings is 1. The van der Waals surface area contributed by atoms with Crippen molar-refractivity contribution in [1.29, 1.82) is 0 Å². The van der Waals surface area contributed by atoms with Gasteiger partial charge in [0.25, 0.3) is 0 Å². The molecule has 0 unspecified atom stereocenters. The Morgan fingerprint density at radius 1 is 0.967 bits per heavy atom. The highest BCUT2D eigenvalue weighted by Gasteiger charge is 2.21. The summed E-state index contributed by atoms with van der Waals surface area (Å²) in [5.74, 6) is 1.80. The molecule has 1 aliphatic carbocycles. The van der Waals surface area contributed by atoms with E-state index in [1.165, 1.54) is 59.6 Å². The van der Waals surface area contributed by atoms with Gasteiger partial charge in [-0.25, -0.2) is 4.99 Å². The lowest BCUT2D eigenvalue weighted by molar-refractivity contribution is -0.546. The highest BCUT2D eigenvalue weighted by molar-refractivity contribution is 5.93. The van der Waals surface area contributed by atoms with Gasteiger partial charge in [0, 0.05) is 42.0 Å². The van der Waals surface area contributed by atoms with Crippen molar-refractivity contribution >= 4 is 10.8 Å². The van der Waals surface area contributed by atoms with E-state index in [9.17, 15) is 0 Å². The van der Waals surface area contributed by atoms with Gasteiger partial charge in [-0.05, 0) is 51.8 Å². The minimum absolute atomic E-state index is 0.541. The van der Waals surface area contributed by atoms with Crippen LogP contribution in [0.4, 0.5) is 0 Å². The van der Waals surface area contributed by atoms with E-state index in [2.05, 4.69) is 53.7 Å². The van der Waals surface area contributed by atoms with Gasteiger partial charge in [0.05, 0.1) is 24.5 Å². The molecule has 1 N–H and O–H groups in total. The third-order valence-electron chi connectivity index (χ3n) is 6.25. The predicted molar refractivity (Wildman–Crippen MR) is 121 cm³/mol. The average Bonchev–Trinajstić information content (AvgIpc) is 2.90. The zero-order valence-electron chi connectivity index (χ0n) is 18.6. The fourth-order valence-electron chi connectivity index (χ4n) is 4.87. The molecule has 1 aliphatic rings. The van der Waals surface area contributed by atoms with Crippen LogP contribution in [0, 0.1) is 13.8 Å². The number of aryl methyl sites for hydroxylation is 2. The van der Waals surface area contributed by atoms with Gasteiger partial charge in [-0.15, -0.1) is 0 Å². The third-order valence-corrected chi connectivity index (χ3v) is 6.25. The number of ether oxygens (including phenoxy) is 2. The molecule has 4 heteroatoms. The average molecular weight is 406 g/mol. The summed E-state index contributed by atoms with van der Waals surface area (Å²) < 4.78 is 13.9. The molecule has 0 atom stereocenters. The lowest BCUT2D eigenvalue weighted by atomic mass is 9.96. The van der Waals surface area contributed by atoms with Crippen molar-refractivity contribution in [1.82, 2.24) is 4.57 Å². The Morgan fingerprint density at radius 2 is 1.70 bits per heavy atom.